The van der Waals surface area contributed by atoms with Crippen LogP contribution in [0.5, 0.6) is 0 Å². The van der Waals surface area contributed by atoms with Crippen molar-refractivity contribution in [2.24, 2.45) is 0 Å². The van der Waals surface area contributed by atoms with Gasteiger partial charge in [-0.15, -0.1) is 0 Å². The van der Waals surface area contributed by atoms with E-state index in [4.69, 9.17) is 0 Å². The number of benzene rings is 7. The maximum atomic E-state index is 4.46. The lowest BCUT2D eigenvalue weighted by atomic mass is 10.0. The van der Waals surface area contributed by atoms with Crippen LogP contribution in [-0.4, -0.2) is 19.1 Å². The van der Waals surface area contributed by atoms with E-state index < -0.39 is 0 Å². The van der Waals surface area contributed by atoms with Gasteiger partial charge in [0.1, 0.15) is 0 Å². The molecule has 0 aliphatic rings. The number of pyridine rings is 2. The van der Waals surface area contributed by atoms with Crippen LogP contribution in [0, 0.1) is 0 Å². The molecule has 0 atom stereocenters. The summed E-state index contributed by atoms with van der Waals surface area (Å²) in [4.78, 5) is 8.92. The third-order valence-electron chi connectivity index (χ3n) is 11.1. The van der Waals surface area contributed by atoms with Crippen molar-refractivity contribution in [1.82, 2.24) is 19.1 Å². The highest BCUT2D eigenvalue weighted by atomic mass is 15.1. The Morgan fingerprint density at radius 3 is 1.16 bits per heavy atom. The fourth-order valence-corrected chi connectivity index (χ4v) is 8.47. The van der Waals surface area contributed by atoms with Gasteiger partial charge in [0.05, 0.1) is 22.4 Å². The van der Waals surface area contributed by atoms with Gasteiger partial charge in [-0.3, -0.25) is 9.97 Å². The maximum absolute atomic E-state index is 4.46. The summed E-state index contributed by atoms with van der Waals surface area (Å²) < 4.78 is 4.93. The molecule has 0 amide bonds. The zero-order valence-corrected chi connectivity index (χ0v) is 30.4. The summed E-state index contributed by atoms with van der Waals surface area (Å²) in [6.07, 6.45) is 7.69. The molecule has 0 radical (unpaired) electrons. The first-order chi connectivity index (χ1) is 27.8. The summed E-state index contributed by atoms with van der Waals surface area (Å²) in [5, 5.41) is 6.89. The molecule has 0 N–H and O–H groups in total. The Kier molecular flexibility index (Phi) is 7.46. The zero-order chi connectivity index (χ0) is 37.0. The Balaban J connectivity index is 1.24. The fourth-order valence-electron chi connectivity index (χ4n) is 8.47. The highest BCUT2D eigenvalue weighted by Gasteiger charge is 2.23. The van der Waals surface area contributed by atoms with Crippen LogP contribution in [0.25, 0.3) is 99.5 Å². The van der Waals surface area contributed by atoms with E-state index >= 15 is 0 Å². The van der Waals surface area contributed by atoms with E-state index in [1.54, 1.807) is 0 Å². The number of fused-ring (bicyclic) bond motifs is 5. The lowest BCUT2D eigenvalue weighted by molar-refractivity contribution is 1.11. The number of nitrogens with zero attached hydrogens (tertiary/aromatic N) is 4. The van der Waals surface area contributed by atoms with Gasteiger partial charge in [-0.2, -0.15) is 0 Å². The summed E-state index contributed by atoms with van der Waals surface area (Å²) >= 11 is 0. The standard InChI is InChI=1S/C52H34N4/c1-3-9-35(10-4-1)37-19-23-43(24-20-37)55-49(47-15-7-13-41-33-53-29-27-45(41)47)31-39-17-18-40-32-50(48-16-8-14-42-34-54-30-28-46(42)48)56(52(40)51(39)55)44-25-21-38(22-26-44)36-11-5-2-6-12-36/h1-34H. The third kappa shape index (κ3) is 5.23. The molecular weight excluding hydrogens is 681 g/mol. The van der Waals surface area contributed by atoms with Gasteiger partial charge in [0.2, 0.25) is 0 Å². The summed E-state index contributed by atoms with van der Waals surface area (Å²) in [5.74, 6) is 0. The van der Waals surface area contributed by atoms with Crippen molar-refractivity contribution in [2.45, 2.75) is 0 Å². The molecule has 0 aliphatic carbocycles. The Hall–Kier alpha value is -7.56. The Bertz CT molecular complexity index is 2980. The fraction of sp³-hybridized carbons (Fsp3) is 0. The normalized spacial score (nSPS) is 11.6. The van der Waals surface area contributed by atoms with E-state index in [9.17, 15) is 0 Å². The molecule has 56 heavy (non-hydrogen) atoms. The van der Waals surface area contributed by atoms with Crippen LogP contribution in [-0.2, 0) is 0 Å². The van der Waals surface area contributed by atoms with E-state index in [0.717, 1.165) is 55.7 Å². The van der Waals surface area contributed by atoms with E-state index in [2.05, 4.69) is 201 Å². The molecular formula is C52H34N4. The molecule has 4 nitrogen and oxygen atoms in total. The quantitative estimate of drug-likeness (QED) is 0.172. The van der Waals surface area contributed by atoms with Crippen molar-refractivity contribution in [3.63, 3.8) is 0 Å². The first-order valence-corrected chi connectivity index (χ1v) is 19.0. The molecule has 0 fully saturated rings. The number of aromatic nitrogens is 4. The van der Waals surface area contributed by atoms with Crippen molar-refractivity contribution >= 4 is 43.4 Å². The van der Waals surface area contributed by atoms with Gasteiger partial charge >= 0.3 is 0 Å². The van der Waals surface area contributed by atoms with E-state index in [-0.39, 0.29) is 0 Å². The van der Waals surface area contributed by atoms with Crippen molar-refractivity contribution in [1.29, 1.82) is 0 Å². The Morgan fingerprint density at radius 1 is 0.321 bits per heavy atom. The van der Waals surface area contributed by atoms with Crippen molar-refractivity contribution in [3.05, 3.63) is 207 Å². The van der Waals surface area contributed by atoms with Gasteiger partial charge in [-0.25, -0.2) is 0 Å². The first kappa shape index (κ1) is 31.9. The molecule has 0 saturated heterocycles. The molecule has 7 aromatic carbocycles. The second-order valence-electron chi connectivity index (χ2n) is 14.3. The molecule has 4 heterocycles. The van der Waals surface area contributed by atoms with Crippen LogP contribution < -0.4 is 0 Å². The minimum atomic E-state index is 1.10. The molecule has 4 heteroatoms. The monoisotopic (exact) mass is 714 g/mol. The number of rotatable bonds is 6. The zero-order valence-electron chi connectivity index (χ0n) is 30.4. The lowest BCUT2D eigenvalue weighted by Crippen LogP contribution is -2.02. The summed E-state index contributed by atoms with van der Waals surface area (Å²) in [6.45, 7) is 0. The van der Waals surface area contributed by atoms with Gasteiger partial charge in [0, 0.05) is 68.8 Å². The second kappa shape index (κ2) is 13.1. The summed E-state index contributed by atoms with van der Waals surface area (Å²) in [5.41, 5.74) is 13.8. The Morgan fingerprint density at radius 2 is 0.732 bits per heavy atom. The molecule has 4 aromatic heterocycles. The second-order valence-corrected chi connectivity index (χ2v) is 14.3. The highest BCUT2D eigenvalue weighted by molar-refractivity contribution is 6.12. The molecule has 0 saturated carbocycles. The summed E-state index contributed by atoms with van der Waals surface area (Å²) in [6, 6.07) is 65.7. The molecule has 0 spiro atoms. The molecule has 11 aromatic rings. The molecule has 0 bridgehead atoms. The molecule has 11 rings (SSSR count). The minimum Gasteiger partial charge on any atom is -0.307 e. The first-order valence-electron chi connectivity index (χ1n) is 19.0. The van der Waals surface area contributed by atoms with Crippen LogP contribution in [0.4, 0.5) is 0 Å². The SMILES string of the molecule is c1ccc(-c2ccc(-n3c(-c4cccc5cnccc45)cc4ccc5cc(-c6cccc7cnccc67)n(-c6ccc(-c7ccccc7)cc6)c5c43)cc2)cc1. The van der Waals surface area contributed by atoms with Crippen molar-refractivity contribution < 1.29 is 0 Å². The average molecular weight is 715 g/mol. The number of hydrogen-bond acceptors (Lipinski definition) is 2. The highest BCUT2D eigenvalue weighted by Crippen LogP contribution is 2.43. The average Bonchev–Trinajstić information content (AvgIpc) is 3.86. The third-order valence-corrected chi connectivity index (χ3v) is 11.1. The van der Waals surface area contributed by atoms with Crippen LogP contribution in [0.15, 0.2) is 207 Å². The summed E-state index contributed by atoms with van der Waals surface area (Å²) in [7, 11) is 0. The van der Waals surface area contributed by atoms with Gasteiger partial charge in [0.25, 0.3) is 0 Å². The van der Waals surface area contributed by atoms with Gasteiger partial charge in [-0.05, 0) is 81.6 Å². The Labute approximate surface area is 324 Å². The molecule has 262 valence electrons. The predicted molar refractivity (Wildman–Crippen MR) is 232 cm³/mol. The predicted octanol–water partition coefficient (Wildman–Crippen LogP) is 13.3. The largest absolute Gasteiger partial charge is 0.307 e. The molecule has 0 unspecified atom stereocenters. The van der Waals surface area contributed by atoms with Crippen LogP contribution in [0.2, 0.25) is 0 Å². The van der Waals surface area contributed by atoms with E-state index in [0.29, 0.717) is 0 Å². The molecule has 0 aliphatic heterocycles. The number of hydrogen-bond donors (Lipinski definition) is 0. The van der Waals surface area contributed by atoms with Crippen LogP contribution in [0.1, 0.15) is 0 Å². The maximum Gasteiger partial charge on any atom is 0.0782 e. The minimum absolute atomic E-state index is 1.10. The lowest BCUT2D eigenvalue weighted by Gasteiger charge is -2.17. The van der Waals surface area contributed by atoms with Crippen molar-refractivity contribution in [2.75, 3.05) is 0 Å². The smallest absolute Gasteiger partial charge is 0.0782 e. The van der Waals surface area contributed by atoms with Gasteiger partial charge < -0.3 is 9.13 Å². The van der Waals surface area contributed by atoms with Gasteiger partial charge in [0.15, 0.2) is 0 Å². The van der Waals surface area contributed by atoms with E-state index in [1.165, 1.54) is 43.8 Å². The van der Waals surface area contributed by atoms with Gasteiger partial charge in [-0.1, -0.05) is 133 Å². The van der Waals surface area contributed by atoms with Crippen molar-refractivity contribution in [3.8, 4) is 56.1 Å². The van der Waals surface area contributed by atoms with Crippen LogP contribution >= 0.6 is 0 Å². The van der Waals surface area contributed by atoms with E-state index in [1.807, 2.05) is 24.8 Å². The topological polar surface area (TPSA) is 35.6 Å². The van der Waals surface area contributed by atoms with Crippen LogP contribution in [0.3, 0.4) is 0 Å².